The van der Waals surface area contributed by atoms with Crippen molar-refractivity contribution in [3.8, 4) is 0 Å². The SMILES string of the molecule is C=C/C(Br)=C\N=C. The fourth-order valence-corrected chi connectivity index (χ4v) is 0.285. The van der Waals surface area contributed by atoms with Crippen molar-refractivity contribution in [1.29, 1.82) is 0 Å². The Kier molecular flexibility index (Phi) is 3.61. The standard InChI is InChI=1S/C5H6BrN/c1-3-5(6)4-7-2/h3-4H,1-2H2/b5-4+. The smallest absolute Gasteiger partial charge is 0.0402 e. The second-order valence-corrected chi connectivity index (χ2v) is 1.82. The topological polar surface area (TPSA) is 12.4 Å². The zero-order valence-corrected chi connectivity index (χ0v) is 5.48. The molecule has 0 unspecified atom stereocenters. The van der Waals surface area contributed by atoms with Crippen LogP contribution in [0.2, 0.25) is 0 Å². The summed E-state index contributed by atoms with van der Waals surface area (Å²) in [7, 11) is 0. The molecule has 0 aromatic heterocycles. The molecule has 0 N–H and O–H groups in total. The molecule has 0 fully saturated rings. The summed E-state index contributed by atoms with van der Waals surface area (Å²) in [5, 5.41) is 0. The van der Waals surface area contributed by atoms with Crippen LogP contribution < -0.4 is 0 Å². The Morgan fingerprint density at radius 2 is 2.29 bits per heavy atom. The van der Waals surface area contributed by atoms with Gasteiger partial charge in [0.05, 0.1) is 0 Å². The fraction of sp³-hybridized carbons (Fsp3) is 0. The highest BCUT2D eigenvalue weighted by Gasteiger charge is 1.72. The lowest BCUT2D eigenvalue weighted by molar-refractivity contribution is 1.61. The van der Waals surface area contributed by atoms with Gasteiger partial charge >= 0.3 is 0 Å². The third-order valence-corrected chi connectivity index (χ3v) is 0.938. The molecule has 38 valence electrons. The largest absolute Gasteiger partial charge is 0.271 e. The quantitative estimate of drug-likeness (QED) is 0.433. The molecule has 0 aliphatic heterocycles. The molecule has 0 rings (SSSR count). The van der Waals surface area contributed by atoms with E-state index in [1.165, 1.54) is 0 Å². The molecule has 0 radical (unpaired) electrons. The van der Waals surface area contributed by atoms with E-state index in [9.17, 15) is 0 Å². The zero-order valence-electron chi connectivity index (χ0n) is 3.89. The van der Waals surface area contributed by atoms with Gasteiger partial charge in [-0.15, -0.1) is 0 Å². The number of rotatable bonds is 2. The lowest BCUT2D eigenvalue weighted by Gasteiger charge is -1.76. The zero-order chi connectivity index (χ0) is 5.70. The fourth-order valence-electron chi connectivity index (χ4n) is 0.140. The Morgan fingerprint density at radius 1 is 1.71 bits per heavy atom. The molecule has 0 aromatic rings. The van der Waals surface area contributed by atoms with Gasteiger partial charge < -0.3 is 0 Å². The molecule has 0 atom stereocenters. The van der Waals surface area contributed by atoms with Gasteiger partial charge in [0.1, 0.15) is 0 Å². The highest BCUT2D eigenvalue weighted by Crippen LogP contribution is 2.03. The molecule has 2 heteroatoms. The minimum atomic E-state index is 0.850. The van der Waals surface area contributed by atoms with Crippen molar-refractivity contribution in [1.82, 2.24) is 0 Å². The monoisotopic (exact) mass is 159 g/mol. The third-order valence-electron chi connectivity index (χ3n) is 0.410. The number of hydrogen-bond acceptors (Lipinski definition) is 1. The van der Waals surface area contributed by atoms with Gasteiger partial charge in [-0.2, -0.15) is 0 Å². The Labute approximate surface area is 51.6 Å². The first kappa shape index (κ1) is 6.63. The third kappa shape index (κ3) is 3.46. The molecule has 0 spiro atoms. The molecule has 0 amide bonds. The molecule has 1 nitrogen and oxygen atoms in total. The number of halogens is 1. The summed E-state index contributed by atoms with van der Waals surface area (Å²) in [4.78, 5) is 3.48. The Hall–Kier alpha value is -0.370. The lowest BCUT2D eigenvalue weighted by Crippen LogP contribution is -1.53. The Bertz CT molecular complexity index is 105. The highest BCUT2D eigenvalue weighted by molar-refractivity contribution is 9.11. The molecule has 0 saturated carbocycles. The van der Waals surface area contributed by atoms with E-state index in [1.54, 1.807) is 12.3 Å². The number of nitrogens with zero attached hydrogens (tertiary/aromatic N) is 1. The molecule has 0 aliphatic carbocycles. The summed E-state index contributed by atoms with van der Waals surface area (Å²) in [6, 6.07) is 0. The first-order chi connectivity index (χ1) is 3.31. The van der Waals surface area contributed by atoms with Crippen LogP contribution in [0.5, 0.6) is 0 Å². The molecule has 0 aliphatic rings. The van der Waals surface area contributed by atoms with Gasteiger partial charge in [0, 0.05) is 10.7 Å². The van der Waals surface area contributed by atoms with E-state index in [4.69, 9.17) is 0 Å². The van der Waals surface area contributed by atoms with Crippen molar-refractivity contribution < 1.29 is 0 Å². The molecule has 0 bridgehead atoms. The van der Waals surface area contributed by atoms with Crippen LogP contribution in [0.4, 0.5) is 0 Å². The molecular formula is C5H6BrN. The van der Waals surface area contributed by atoms with Gasteiger partial charge in [0.15, 0.2) is 0 Å². The van der Waals surface area contributed by atoms with Crippen molar-refractivity contribution in [2.45, 2.75) is 0 Å². The second kappa shape index (κ2) is 3.81. The average Bonchev–Trinajstić information content (AvgIpc) is 1.68. The van der Waals surface area contributed by atoms with Crippen molar-refractivity contribution in [2.24, 2.45) is 4.99 Å². The predicted octanol–water partition coefficient (Wildman–Crippen LogP) is 2.11. The number of aliphatic imine (C=N–C) groups is 1. The summed E-state index contributed by atoms with van der Waals surface area (Å²) >= 11 is 3.15. The van der Waals surface area contributed by atoms with Gasteiger partial charge in [-0.1, -0.05) is 12.7 Å². The van der Waals surface area contributed by atoms with Gasteiger partial charge in [-0.05, 0) is 22.6 Å². The van der Waals surface area contributed by atoms with Crippen LogP contribution in [0, 0.1) is 0 Å². The number of allylic oxidation sites excluding steroid dienone is 2. The van der Waals surface area contributed by atoms with Crippen LogP contribution in [0.3, 0.4) is 0 Å². The highest BCUT2D eigenvalue weighted by atomic mass is 79.9. The normalized spacial score (nSPS) is 10.7. The van der Waals surface area contributed by atoms with Crippen molar-refractivity contribution in [3.63, 3.8) is 0 Å². The number of hydrogen-bond donors (Lipinski definition) is 0. The van der Waals surface area contributed by atoms with E-state index >= 15 is 0 Å². The minimum Gasteiger partial charge on any atom is -0.271 e. The van der Waals surface area contributed by atoms with Crippen molar-refractivity contribution in [3.05, 3.63) is 23.3 Å². The summed E-state index contributed by atoms with van der Waals surface area (Å²) in [6.07, 6.45) is 3.22. The second-order valence-electron chi connectivity index (χ2n) is 0.901. The van der Waals surface area contributed by atoms with Crippen molar-refractivity contribution >= 4 is 22.6 Å². The average molecular weight is 160 g/mol. The van der Waals surface area contributed by atoms with Crippen molar-refractivity contribution in [2.75, 3.05) is 0 Å². The van der Waals surface area contributed by atoms with E-state index in [0.717, 1.165) is 4.48 Å². The first-order valence-electron chi connectivity index (χ1n) is 1.75. The van der Waals surface area contributed by atoms with Gasteiger partial charge in [0.2, 0.25) is 0 Å². The lowest BCUT2D eigenvalue weighted by atomic mass is 10.6. The van der Waals surface area contributed by atoms with Crippen LogP contribution >= 0.6 is 15.9 Å². The summed E-state index contributed by atoms with van der Waals surface area (Å²) in [5.41, 5.74) is 0. The maximum Gasteiger partial charge on any atom is 0.0402 e. The molecular weight excluding hydrogens is 154 g/mol. The summed E-state index contributed by atoms with van der Waals surface area (Å²) in [5.74, 6) is 0. The van der Waals surface area contributed by atoms with E-state index in [2.05, 4.69) is 34.2 Å². The van der Waals surface area contributed by atoms with E-state index in [0.29, 0.717) is 0 Å². The minimum absolute atomic E-state index is 0.850. The summed E-state index contributed by atoms with van der Waals surface area (Å²) < 4.78 is 0.850. The van der Waals surface area contributed by atoms with Crippen LogP contribution in [0.25, 0.3) is 0 Å². The molecule has 0 aromatic carbocycles. The maximum atomic E-state index is 3.48. The van der Waals surface area contributed by atoms with E-state index in [-0.39, 0.29) is 0 Å². The maximum absolute atomic E-state index is 3.48. The van der Waals surface area contributed by atoms with Crippen LogP contribution in [-0.2, 0) is 0 Å². The molecule has 7 heavy (non-hydrogen) atoms. The summed E-state index contributed by atoms with van der Waals surface area (Å²) in [6.45, 7) is 6.72. The van der Waals surface area contributed by atoms with Crippen LogP contribution in [-0.4, -0.2) is 6.72 Å². The van der Waals surface area contributed by atoms with Crippen LogP contribution in [0.1, 0.15) is 0 Å². The van der Waals surface area contributed by atoms with E-state index in [1.807, 2.05) is 0 Å². The Balaban J connectivity index is 3.72. The Morgan fingerprint density at radius 3 is 2.43 bits per heavy atom. The van der Waals surface area contributed by atoms with E-state index < -0.39 is 0 Å². The van der Waals surface area contributed by atoms with Gasteiger partial charge in [0.25, 0.3) is 0 Å². The predicted molar refractivity (Wildman–Crippen MR) is 36.8 cm³/mol. The van der Waals surface area contributed by atoms with Gasteiger partial charge in [-0.25, -0.2) is 0 Å². The van der Waals surface area contributed by atoms with Gasteiger partial charge in [-0.3, -0.25) is 4.99 Å². The molecule has 0 saturated heterocycles. The van der Waals surface area contributed by atoms with Crippen LogP contribution in [0.15, 0.2) is 28.3 Å². The molecule has 0 heterocycles. The first-order valence-corrected chi connectivity index (χ1v) is 2.54.